The van der Waals surface area contributed by atoms with Gasteiger partial charge >= 0.3 is 0 Å². The van der Waals surface area contributed by atoms with Gasteiger partial charge in [-0.05, 0) is 29.0 Å². The molecule has 0 fully saturated rings. The molecular formula is C19H17NO2. The summed E-state index contributed by atoms with van der Waals surface area (Å²) in [5.74, 6) is 1.60. The third kappa shape index (κ3) is 2.79. The molecule has 3 aromatic rings. The zero-order valence-corrected chi connectivity index (χ0v) is 12.6. The van der Waals surface area contributed by atoms with Gasteiger partial charge in [0.05, 0.1) is 19.9 Å². The normalized spacial score (nSPS) is 11.0. The fourth-order valence-electron chi connectivity index (χ4n) is 2.42. The number of ether oxygens (including phenoxy) is 2. The first kappa shape index (κ1) is 14.1. The van der Waals surface area contributed by atoms with Crippen molar-refractivity contribution in [3.05, 3.63) is 66.2 Å². The van der Waals surface area contributed by atoms with Gasteiger partial charge in [-0.1, -0.05) is 36.4 Å². The van der Waals surface area contributed by atoms with Crippen LogP contribution in [0.2, 0.25) is 0 Å². The first-order chi connectivity index (χ1) is 10.8. The number of aliphatic imine (C=N–C) groups is 1. The van der Waals surface area contributed by atoms with Crippen LogP contribution >= 0.6 is 0 Å². The van der Waals surface area contributed by atoms with Gasteiger partial charge in [0.1, 0.15) is 11.5 Å². The van der Waals surface area contributed by atoms with Crippen LogP contribution in [0.25, 0.3) is 10.8 Å². The van der Waals surface area contributed by atoms with Crippen LogP contribution in [0.3, 0.4) is 0 Å². The number of methoxy groups -OCH3 is 2. The van der Waals surface area contributed by atoms with Crippen molar-refractivity contribution < 1.29 is 9.47 Å². The summed E-state index contributed by atoms with van der Waals surface area (Å²) >= 11 is 0. The van der Waals surface area contributed by atoms with Crippen molar-refractivity contribution in [2.45, 2.75) is 0 Å². The van der Waals surface area contributed by atoms with Crippen LogP contribution in [-0.4, -0.2) is 20.4 Å². The van der Waals surface area contributed by atoms with E-state index in [1.807, 2.05) is 48.7 Å². The lowest BCUT2D eigenvalue weighted by Gasteiger charge is -2.08. The van der Waals surface area contributed by atoms with Crippen LogP contribution in [0, 0.1) is 0 Å². The van der Waals surface area contributed by atoms with Crippen molar-refractivity contribution in [2.24, 2.45) is 4.99 Å². The van der Waals surface area contributed by atoms with Crippen molar-refractivity contribution in [3.63, 3.8) is 0 Å². The number of benzene rings is 3. The van der Waals surface area contributed by atoms with E-state index in [0.29, 0.717) is 0 Å². The molecule has 3 heteroatoms. The van der Waals surface area contributed by atoms with Crippen molar-refractivity contribution in [3.8, 4) is 11.5 Å². The molecule has 0 aliphatic carbocycles. The van der Waals surface area contributed by atoms with Gasteiger partial charge in [0.25, 0.3) is 0 Å². The monoisotopic (exact) mass is 291 g/mol. The molecule has 0 spiro atoms. The summed E-state index contributed by atoms with van der Waals surface area (Å²) in [4.78, 5) is 4.56. The Hall–Kier alpha value is -2.81. The molecule has 0 aliphatic heterocycles. The molecule has 3 aromatic carbocycles. The van der Waals surface area contributed by atoms with Gasteiger partial charge in [-0.2, -0.15) is 0 Å². The standard InChI is InChI=1S/C19H17NO2/c1-21-16-8-5-7-15(12-16)20-13-18-17-9-4-3-6-14(17)10-11-19(18)22-2/h3-13H,1-2H3. The Morgan fingerprint density at radius 2 is 1.73 bits per heavy atom. The highest BCUT2D eigenvalue weighted by Gasteiger charge is 2.05. The lowest BCUT2D eigenvalue weighted by molar-refractivity contribution is 0.415. The molecule has 0 saturated heterocycles. The largest absolute Gasteiger partial charge is 0.497 e. The minimum Gasteiger partial charge on any atom is -0.497 e. The fourth-order valence-corrected chi connectivity index (χ4v) is 2.42. The Morgan fingerprint density at radius 1 is 0.864 bits per heavy atom. The maximum atomic E-state index is 5.47. The van der Waals surface area contributed by atoms with Crippen molar-refractivity contribution in [1.82, 2.24) is 0 Å². The smallest absolute Gasteiger partial charge is 0.128 e. The highest BCUT2D eigenvalue weighted by Crippen LogP contribution is 2.27. The van der Waals surface area contributed by atoms with E-state index in [4.69, 9.17) is 9.47 Å². The Bertz CT molecular complexity index is 825. The zero-order chi connectivity index (χ0) is 15.4. The van der Waals surface area contributed by atoms with Crippen LogP contribution in [0.4, 0.5) is 5.69 Å². The van der Waals surface area contributed by atoms with Crippen molar-refractivity contribution in [1.29, 1.82) is 0 Å². The van der Waals surface area contributed by atoms with E-state index in [-0.39, 0.29) is 0 Å². The van der Waals surface area contributed by atoms with Crippen LogP contribution in [-0.2, 0) is 0 Å². The summed E-state index contributed by atoms with van der Waals surface area (Å²) in [5.41, 5.74) is 1.82. The summed E-state index contributed by atoms with van der Waals surface area (Å²) in [6, 6.07) is 19.9. The molecule has 0 N–H and O–H groups in total. The topological polar surface area (TPSA) is 30.8 Å². The summed E-state index contributed by atoms with van der Waals surface area (Å²) < 4.78 is 10.7. The van der Waals surface area contributed by atoms with E-state index in [2.05, 4.69) is 23.2 Å². The fraction of sp³-hybridized carbons (Fsp3) is 0.105. The number of hydrogen-bond acceptors (Lipinski definition) is 3. The zero-order valence-electron chi connectivity index (χ0n) is 12.6. The molecule has 0 amide bonds. The Labute approximate surface area is 129 Å². The van der Waals surface area contributed by atoms with Crippen LogP contribution in [0.1, 0.15) is 5.56 Å². The summed E-state index contributed by atoms with van der Waals surface area (Å²) in [6.45, 7) is 0. The third-order valence-corrected chi connectivity index (χ3v) is 3.55. The molecule has 0 aromatic heterocycles. The predicted molar refractivity (Wildman–Crippen MR) is 90.7 cm³/mol. The molecule has 3 nitrogen and oxygen atoms in total. The summed E-state index contributed by atoms with van der Waals surface area (Å²) in [7, 11) is 3.32. The van der Waals surface area contributed by atoms with E-state index in [9.17, 15) is 0 Å². The molecule has 110 valence electrons. The molecule has 0 atom stereocenters. The van der Waals surface area contributed by atoms with Crippen LogP contribution in [0.5, 0.6) is 11.5 Å². The maximum Gasteiger partial charge on any atom is 0.128 e. The average molecular weight is 291 g/mol. The quantitative estimate of drug-likeness (QED) is 0.657. The van der Waals surface area contributed by atoms with E-state index in [1.165, 1.54) is 0 Å². The molecule has 0 heterocycles. The molecule has 0 saturated carbocycles. The van der Waals surface area contributed by atoms with Gasteiger partial charge in [0.2, 0.25) is 0 Å². The highest BCUT2D eigenvalue weighted by atomic mass is 16.5. The summed E-state index contributed by atoms with van der Waals surface area (Å²) in [5, 5.41) is 2.28. The van der Waals surface area contributed by atoms with Crippen molar-refractivity contribution in [2.75, 3.05) is 14.2 Å². The van der Waals surface area contributed by atoms with E-state index in [1.54, 1.807) is 14.2 Å². The molecule has 0 unspecified atom stereocenters. The summed E-state index contributed by atoms with van der Waals surface area (Å²) in [6.07, 6.45) is 1.84. The number of fused-ring (bicyclic) bond motifs is 1. The Balaban J connectivity index is 2.07. The SMILES string of the molecule is COc1cccc(N=Cc2c(OC)ccc3ccccc23)c1. The predicted octanol–water partition coefficient (Wildman–Crippen LogP) is 4.61. The molecule has 0 radical (unpaired) electrons. The third-order valence-electron chi connectivity index (χ3n) is 3.55. The lowest BCUT2D eigenvalue weighted by Crippen LogP contribution is -1.92. The van der Waals surface area contributed by atoms with Gasteiger partial charge in [-0.15, -0.1) is 0 Å². The van der Waals surface area contributed by atoms with Crippen LogP contribution in [0.15, 0.2) is 65.7 Å². The Morgan fingerprint density at radius 3 is 2.55 bits per heavy atom. The van der Waals surface area contributed by atoms with E-state index in [0.717, 1.165) is 33.5 Å². The minimum atomic E-state index is 0.791. The maximum absolute atomic E-state index is 5.47. The lowest BCUT2D eigenvalue weighted by atomic mass is 10.0. The first-order valence-electron chi connectivity index (χ1n) is 7.05. The van der Waals surface area contributed by atoms with Gasteiger partial charge < -0.3 is 9.47 Å². The molecular weight excluding hydrogens is 274 g/mol. The molecule has 3 rings (SSSR count). The van der Waals surface area contributed by atoms with E-state index < -0.39 is 0 Å². The van der Waals surface area contributed by atoms with Crippen molar-refractivity contribution >= 4 is 22.7 Å². The van der Waals surface area contributed by atoms with Gasteiger partial charge in [0, 0.05) is 17.8 Å². The first-order valence-corrected chi connectivity index (χ1v) is 7.05. The second kappa shape index (κ2) is 6.31. The number of rotatable bonds is 4. The number of hydrogen-bond donors (Lipinski definition) is 0. The highest BCUT2D eigenvalue weighted by molar-refractivity contribution is 6.03. The van der Waals surface area contributed by atoms with Gasteiger partial charge in [-0.25, -0.2) is 0 Å². The van der Waals surface area contributed by atoms with Crippen LogP contribution < -0.4 is 9.47 Å². The molecule has 0 aliphatic rings. The second-order valence-corrected chi connectivity index (χ2v) is 4.86. The molecule has 22 heavy (non-hydrogen) atoms. The number of nitrogens with zero attached hydrogens (tertiary/aromatic N) is 1. The van der Waals surface area contributed by atoms with Gasteiger partial charge in [-0.3, -0.25) is 4.99 Å². The molecule has 0 bridgehead atoms. The Kier molecular flexibility index (Phi) is 4.05. The second-order valence-electron chi connectivity index (χ2n) is 4.86. The van der Waals surface area contributed by atoms with E-state index >= 15 is 0 Å². The average Bonchev–Trinajstić information content (AvgIpc) is 2.59. The van der Waals surface area contributed by atoms with Gasteiger partial charge in [0.15, 0.2) is 0 Å². The minimum absolute atomic E-state index is 0.791.